The minimum atomic E-state index is -0.485. The number of ether oxygens (including phenoxy) is 1. The van der Waals surface area contributed by atoms with Gasteiger partial charge in [-0.15, -0.1) is 0 Å². The maximum atomic E-state index is 13.4. The third-order valence-electron chi connectivity index (χ3n) is 2.13. The minimum absolute atomic E-state index is 0.280. The summed E-state index contributed by atoms with van der Waals surface area (Å²) >= 11 is 0. The molecule has 0 bridgehead atoms. The molecule has 0 unspecified atom stereocenters. The first-order valence-corrected chi connectivity index (χ1v) is 4.41. The molecule has 0 spiro atoms. The molecular weight excluding hydrogens is 183 g/mol. The van der Waals surface area contributed by atoms with E-state index < -0.39 is 6.04 Å². The van der Waals surface area contributed by atoms with Gasteiger partial charge < -0.3 is 16.2 Å². The molecule has 1 rings (SSSR count). The van der Waals surface area contributed by atoms with Crippen LogP contribution in [0.15, 0.2) is 18.2 Å². The summed E-state index contributed by atoms with van der Waals surface area (Å²) in [5, 5.41) is 0. The topological polar surface area (TPSA) is 61.3 Å². The van der Waals surface area contributed by atoms with Crippen LogP contribution < -0.4 is 16.2 Å². The quantitative estimate of drug-likeness (QED) is 0.766. The molecular formula is C10H15FN2O. The Morgan fingerprint density at radius 2 is 2.00 bits per heavy atom. The summed E-state index contributed by atoms with van der Waals surface area (Å²) in [5.74, 6) is 0.0947. The zero-order valence-corrected chi connectivity index (χ0v) is 8.33. The van der Waals surface area contributed by atoms with Gasteiger partial charge in [-0.3, -0.25) is 0 Å². The Morgan fingerprint density at radius 3 is 2.43 bits per heavy atom. The van der Waals surface area contributed by atoms with Crippen LogP contribution in [-0.4, -0.2) is 13.2 Å². The maximum absolute atomic E-state index is 13.4. The Morgan fingerprint density at radius 1 is 1.36 bits per heavy atom. The largest absolute Gasteiger partial charge is 0.497 e. The summed E-state index contributed by atoms with van der Waals surface area (Å²) in [6.45, 7) is 1.74. The standard InChI is InChI=1S/C10H15FN2O/c1-6(12)10(13)8-4-3-7(14-2)5-9(8)11/h3-6,10H,12-13H2,1-2H3/t6-,10+/m0/s1. The number of hydrogen-bond donors (Lipinski definition) is 2. The lowest BCUT2D eigenvalue weighted by Gasteiger charge is -2.16. The molecule has 1 aromatic rings. The summed E-state index contributed by atoms with van der Waals surface area (Å²) in [7, 11) is 1.49. The van der Waals surface area contributed by atoms with Crippen molar-refractivity contribution >= 4 is 0 Å². The van der Waals surface area contributed by atoms with E-state index in [4.69, 9.17) is 16.2 Å². The van der Waals surface area contributed by atoms with Gasteiger partial charge in [0.2, 0.25) is 0 Å². The minimum Gasteiger partial charge on any atom is -0.497 e. The Labute approximate surface area is 82.9 Å². The average Bonchev–Trinajstić information content (AvgIpc) is 2.16. The molecule has 4 heteroatoms. The van der Waals surface area contributed by atoms with E-state index in [9.17, 15) is 4.39 Å². The summed E-state index contributed by atoms with van der Waals surface area (Å²) in [5.41, 5.74) is 11.7. The van der Waals surface area contributed by atoms with E-state index in [0.717, 1.165) is 0 Å². The highest BCUT2D eigenvalue weighted by Crippen LogP contribution is 2.21. The van der Waals surface area contributed by atoms with E-state index in [1.165, 1.54) is 13.2 Å². The molecule has 0 radical (unpaired) electrons. The van der Waals surface area contributed by atoms with Crippen molar-refractivity contribution in [1.82, 2.24) is 0 Å². The monoisotopic (exact) mass is 198 g/mol. The lowest BCUT2D eigenvalue weighted by Crippen LogP contribution is -2.31. The predicted molar refractivity (Wildman–Crippen MR) is 53.5 cm³/mol. The van der Waals surface area contributed by atoms with Crippen molar-refractivity contribution < 1.29 is 9.13 Å². The average molecular weight is 198 g/mol. The third-order valence-corrected chi connectivity index (χ3v) is 2.13. The van der Waals surface area contributed by atoms with Gasteiger partial charge in [0.1, 0.15) is 11.6 Å². The lowest BCUT2D eigenvalue weighted by molar-refractivity contribution is 0.409. The first-order chi connectivity index (χ1) is 6.56. The molecule has 0 saturated carbocycles. The fraction of sp³-hybridized carbons (Fsp3) is 0.400. The van der Waals surface area contributed by atoms with Crippen LogP contribution in [0.4, 0.5) is 4.39 Å². The summed E-state index contributed by atoms with van der Waals surface area (Å²) in [6, 6.07) is 3.80. The van der Waals surface area contributed by atoms with Gasteiger partial charge in [0.05, 0.1) is 7.11 Å². The molecule has 4 N–H and O–H groups in total. The van der Waals surface area contributed by atoms with Crippen molar-refractivity contribution in [3.8, 4) is 5.75 Å². The fourth-order valence-corrected chi connectivity index (χ4v) is 1.19. The smallest absolute Gasteiger partial charge is 0.131 e. The highest BCUT2D eigenvalue weighted by Gasteiger charge is 2.15. The zero-order chi connectivity index (χ0) is 10.7. The van der Waals surface area contributed by atoms with Gasteiger partial charge in [0.25, 0.3) is 0 Å². The van der Waals surface area contributed by atoms with Gasteiger partial charge in [-0.05, 0) is 13.0 Å². The summed E-state index contributed by atoms with van der Waals surface area (Å²) in [6.07, 6.45) is 0. The van der Waals surface area contributed by atoms with Crippen LogP contribution in [-0.2, 0) is 0 Å². The molecule has 1 aromatic carbocycles. The highest BCUT2D eigenvalue weighted by atomic mass is 19.1. The molecule has 3 nitrogen and oxygen atoms in total. The highest BCUT2D eigenvalue weighted by molar-refractivity contribution is 5.31. The molecule has 2 atom stereocenters. The Hall–Kier alpha value is -1.13. The van der Waals surface area contributed by atoms with Crippen LogP contribution in [0.5, 0.6) is 5.75 Å². The van der Waals surface area contributed by atoms with Crippen molar-refractivity contribution in [2.24, 2.45) is 11.5 Å². The van der Waals surface area contributed by atoms with E-state index in [1.807, 2.05) is 0 Å². The number of rotatable bonds is 3. The molecule has 0 aliphatic heterocycles. The van der Waals surface area contributed by atoms with Crippen LogP contribution >= 0.6 is 0 Å². The zero-order valence-electron chi connectivity index (χ0n) is 8.33. The van der Waals surface area contributed by atoms with E-state index in [-0.39, 0.29) is 11.9 Å². The van der Waals surface area contributed by atoms with Gasteiger partial charge in [0.15, 0.2) is 0 Å². The number of hydrogen-bond acceptors (Lipinski definition) is 3. The number of halogens is 1. The SMILES string of the molecule is COc1ccc([C@H](N)[C@H](C)N)c(F)c1. The molecule has 0 aliphatic rings. The van der Waals surface area contributed by atoms with Crippen LogP contribution in [0.1, 0.15) is 18.5 Å². The predicted octanol–water partition coefficient (Wildman–Crippen LogP) is 1.18. The molecule has 0 fully saturated rings. The van der Waals surface area contributed by atoms with E-state index in [0.29, 0.717) is 11.3 Å². The first-order valence-electron chi connectivity index (χ1n) is 4.41. The molecule has 0 saturated heterocycles. The van der Waals surface area contributed by atoms with Gasteiger partial charge in [0, 0.05) is 23.7 Å². The van der Waals surface area contributed by atoms with Crippen molar-refractivity contribution in [1.29, 1.82) is 0 Å². The maximum Gasteiger partial charge on any atom is 0.131 e. The Kier molecular flexibility index (Phi) is 3.43. The van der Waals surface area contributed by atoms with Crippen molar-refractivity contribution in [3.05, 3.63) is 29.6 Å². The molecule has 0 aliphatic carbocycles. The first kappa shape index (κ1) is 10.9. The normalized spacial score (nSPS) is 14.9. The van der Waals surface area contributed by atoms with Crippen LogP contribution in [0.3, 0.4) is 0 Å². The van der Waals surface area contributed by atoms with E-state index in [1.54, 1.807) is 19.1 Å². The lowest BCUT2D eigenvalue weighted by atomic mass is 10.0. The molecule has 0 aromatic heterocycles. The summed E-state index contributed by atoms with van der Waals surface area (Å²) < 4.78 is 18.3. The van der Waals surface area contributed by atoms with Crippen LogP contribution in [0.25, 0.3) is 0 Å². The van der Waals surface area contributed by atoms with Crippen LogP contribution in [0.2, 0.25) is 0 Å². The second kappa shape index (κ2) is 4.39. The summed E-state index contributed by atoms with van der Waals surface area (Å²) in [4.78, 5) is 0. The molecule has 14 heavy (non-hydrogen) atoms. The van der Waals surface area contributed by atoms with Crippen molar-refractivity contribution in [2.45, 2.75) is 19.0 Å². The molecule has 0 heterocycles. The van der Waals surface area contributed by atoms with Gasteiger partial charge in [-0.1, -0.05) is 6.07 Å². The van der Waals surface area contributed by atoms with Gasteiger partial charge in [-0.25, -0.2) is 4.39 Å². The number of nitrogens with two attached hydrogens (primary N) is 2. The van der Waals surface area contributed by atoms with E-state index in [2.05, 4.69) is 0 Å². The second-order valence-corrected chi connectivity index (χ2v) is 3.27. The number of benzene rings is 1. The Bertz CT molecular complexity index is 315. The van der Waals surface area contributed by atoms with Gasteiger partial charge >= 0.3 is 0 Å². The fourth-order valence-electron chi connectivity index (χ4n) is 1.19. The third kappa shape index (κ3) is 2.21. The second-order valence-electron chi connectivity index (χ2n) is 3.27. The molecule has 0 amide bonds. The van der Waals surface area contributed by atoms with Crippen molar-refractivity contribution in [2.75, 3.05) is 7.11 Å². The van der Waals surface area contributed by atoms with E-state index >= 15 is 0 Å². The molecule has 78 valence electrons. The number of methoxy groups -OCH3 is 1. The van der Waals surface area contributed by atoms with Gasteiger partial charge in [-0.2, -0.15) is 0 Å². The van der Waals surface area contributed by atoms with Crippen molar-refractivity contribution in [3.63, 3.8) is 0 Å². The van der Waals surface area contributed by atoms with Crippen LogP contribution in [0, 0.1) is 5.82 Å². The Balaban J connectivity index is 2.99.